The van der Waals surface area contributed by atoms with Crippen molar-refractivity contribution in [2.45, 2.75) is 32.9 Å². The smallest absolute Gasteiger partial charge is 0.193 e. The Labute approximate surface area is 159 Å². The van der Waals surface area contributed by atoms with Gasteiger partial charge in [0.25, 0.3) is 0 Å². The number of ketones is 1. The van der Waals surface area contributed by atoms with E-state index in [2.05, 4.69) is 10.6 Å². The Kier molecular flexibility index (Phi) is 5.38. The summed E-state index contributed by atoms with van der Waals surface area (Å²) in [5.41, 5.74) is 2.94. The number of para-hydroxylation sites is 1. The molecule has 2 N–H and O–H groups in total. The Morgan fingerprint density at radius 1 is 1.08 bits per heavy atom. The van der Waals surface area contributed by atoms with E-state index in [0.29, 0.717) is 16.2 Å². The lowest BCUT2D eigenvalue weighted by Crippen LogP contribution is -2.45. The Balaban J connectivity index is 2.09. The highest BCUT2D eigenvalue weighted by molar-refractivity contribution is 7.80. The Morgan fingerprint density at radius 2 is 1.73 bits per heavy atom. The van der Waals surface area contributed by atoms with Crippen molar-refractivity contribution in [2.24, 2.45) is 0 Å². The highest BCUT2D eigenvalue weighted by atomic mass is 32.1. The van der Waals surface area contributed by atoms with Gasteiger partial charge in [-0.15, -0.1) is 0 Å². The largest absolute Gasteiger partial charge is 0.491 e. The third-order valence-electron chi connectivity index (χ3n) is 4.14. The van der Waals surface area contributed by atoms with Crippen LogP contribution in [0.5, 0.6) is 5.75 Å². The fourth-order valence-corrected chi connectivity index (χ4v) is 3.32. The summed E-state index contributed by atoms with van der Waals surface area (Å²) in [6.45, 7) is 5.84. The van der Waals surface area contributed by atoms with E-state index in [9.17, 15) is 4.79 Å². The average molecular weight is 366 g/mol. The van der Waals surface area contributed by atoms with Crippen molar-refractivity contribution < 1.29 is 9.53 Å². The summed E-state index contributed by atoms with van der Waals surface area (Å²) in [5.74, 6) is 0.714. The van der Waals surface area contributed by atoms with Gasteiger partial charge in [-0.2, -0.15) is 0 Å². The summed E-state index contributed by atoms with van der Waals surface area (Å²) < 4.78 is 5.97. The second-order valence-corrected chi connectivity index (χ2v) is 6.88. The lowest BCUT2D eigenvalue weighted by Gasteiger charge is -2.31. The summed E-state index contributed by atoms with van der Waals surface area (Å²) >= 11 is 5.34. The predicted octanol–water partition coefficient (Wildman–Crippen LogP) is 4.15. The van der Waals surface area contributed by atoms with Gasteiger partial charge in [-0.05, 0) is 39.1 Å². The molecule has 2 aromatic rings. The number of hydrogen-bond acceptors (Lipinski definition) is 3. The van der Waals surface area contributed by atoms with Gasteiger partial charge in [0.1, 0.15) is 5.75 Å². The number of thiocarbonyl (C=S) groups is 1. The molecule has 0 radical (unpaired) electrons. The molecule has 0 aliphatic carbocycles. The molecule has 0 saturated heterocycles. The van der Waals surface area contributed by atoms with Crippen LogP contribution in [0.3, 0.4) is 0 Å². The van der Waals surface area contributed by atoms with Crippen molar-refractivity contribution in [3.05, 3.63) is 77.0 Å². The number of carbonyl (C=O) groups is 1. The zero-order valence-electron chi connectivity index (χ0n) is 15.1. The molecular weight excluding hydrogens is 344 g/mol. The molecule has 0 bridgehead atoms. The molecule has 1 aliphatic heterocycles. The third kappa shape index (κ3) is 3.78. The van der Waals surface area contributed by atoms with E-state index >= 15 is 0 Å². The summed E-state index contributed by atoms with van der Waals surface area (Å²) in [7, 11) is 0. The highest BCUT2D eigenvalue weighted by Gasteiger charge is 2.32. The fraction of sp³-hybridized carbons (Fsp3) is 0.238. The first-order valence-corrected chi connectivity index (χ1v) is 9.02. The van der Waals surface area contributed by atoms with Crippen molar-refractivity contribution in [3.8, 4) is 5.75 Å². The van der Waals surface area contributed by atoms with Crippen LogP contribution < -0.4 is 15.4 Å². The van der Waals surface area contributed by atoms with Crippen LogP contribution >= 0.6 is 12.2 Å². The number of nitrogens with one attached hydrogen (secondary N) is 2. The van der Waals surface area contributed by atoms with Gasteiger partial charge in [-0.1, -0.05) is 48.5 Å². The maximum Gasteiger partial charge on any atom is 0.193 e. The van der Waals surface area contributed by atoms with Crippen LogP contribution in [0.4, 0.5) is 0 Å². The quantitative estimate of drug-likeness (QED) is 0.615. The molecule has 1 aliphatic rings. The first-order chi connectivity index (χ1) is 12.5. The molecule has 0 saturated carbocycles. The standard InChI is InChI=1S/C21H22N2O2S/c1-13(2)25-17-12-8-7-11-16(17)19-18(14(3)22-21(26)23-19)20(24)15-9-5-4-6-10-15/h4-13,19H,1-3H3,(H2,22,23,26). The minimum absolute atomic E-state index is 0.0307. The number of benzene rings is 2. The fourth-order valence-electron chi connectivity index (χ4n) is 3.05. The highest BCUT2D eigenvalue weighted by Crippen LogP contribution is 2.35. The van der Waals surface area contributed by atoms with Crippen molar-refractivity contribution >= 4 is 23.1 Å². The molecule has 1 atom stereocenters. The molecule has 0 spiro atoms. The third-order valence-corrected chi connectivity index (χ3v) is 4.36. The number of carbonyl (C=O) groups excluding carboxylic acids is 1. The molecule has 2 aromatic carbocycles. The van der Waals surface area contributed by atoms with Crippen LogP contribution in [0.2, 0.25) is 0 Å². The van der Waals surface area contributed by atoms with Gasteiger partial charge in [0.15, 0.2) is 10.9 Å². The summed E-state index contributed by atoms with van der Waals surface area (Å²) in [5, 5.41) is 6.81. The zero-order chi connectivity index (χ0) is 18.7. The predicted molar refractivity (Wildman–Crippen MR) is 107 cm³/mol. The number of rotatable bonds is 5. The van der Waals surface area contributed by atoms with Crippen LogP contribution in [-0.2, 0) is 0 Å². The molecule has 1 unspecified atom stereocenters. The second-order valence-electron chi connectivity index (χ2n) is 6.47. The van der Waals surface area contributed by atoms with E-state index in [1.165, 1.54) is 0 Å². The maximum atomic E-state index is 13.2. The Hall–Kier alpha value is -2.66. The molecule has 0 fully saturated rings. The van der Waals surface area contributed by atoms with E-state index in [4.69, 9.17) is 17.0 Å². The van der Waals surface area contributed by atoms with Gasteiger partial charge < -0.3 is 15.4 Å². The van der Waals surface area contributed by atoms with Gasteiger partial charge in [-0.25, -0.2) is 0 Å². The number of ether oxygens (including phenoxy) is 1. The number of Topliss-reactive ketones (excluding diaryl/α,β-unsaturated/α-hetero) is 1. The van der Waals surface area contributed by atoms with E-state index in [1.54, 1.807) is 0 Å². The van der Waals surface area contributed by atoms with Crippen molar-refractivity contribution in [3.63, 3.8) is 0 Å². The van der Waals surface area contributed by atoms with Gasteiger partial charge in [0, 0.05) is 22.4 Å². The Bertz CT molecular complexity index is 859. The first kappa shape index (κ1) is 18.1. The van der Waals surface area contributed by atoms with Crippen molar-refractivity contribution in [1.29, 1.82) is 0 Å². The zero-order valence-corrected chi connectivity index (χ0v) is 15.9. The molecular formula is C21H22N2O2S. The molecule has 134 valence electrons. The van der Waals surface area contributed by atoms with Crippen LogP contribution in [0.1, 0.15) is 42.7 Å². The summed E-state index contributed by atoms with van der Waals surface area (Å²) in [6, 6.07) is 16.7. The molecule has 26 heavy (non-hydrogen) atoms. The minimum atomic E-state index is -0.369. The lowest BCUT2D eigenvalue weighted by molar-refractivity contribution is 0.102. The topological polar surface area (TPSA) is 50.4 Å². The SMILES string of the molecule is CC1=C(C(=O)c2ccccc2)C(c2ccccc2OC(C)C)NC(=S)N1. The van der Waals surface area contributed by atoms with Gasteiger partial charge >= 0.3 is 0 Å². The molecule has 0 aromatic heterocycles. The van der Waals surface area contributed by atoms with E-state index in [1.807, 2.05) is 75.4 Å². The number of hydrogen-bond donors (Lipinski definition) is 2. The molecule has 0 amide bonds. The monoisotopic (exact) mass is 366 g/mol. The van der Waals surface area contributed by atoms with Gasteiger partial charge in [0.2, 0.25) is 0 Å². The molecule has 4 nitrogen and oxygen atoms in total. The van der Waals surface area contributed by atoms with Crippen LogP contribution in [0, 0.1) is 0 Å². The summed E-state index contributed by atoms with van der Waals surface area (Å²) in [4.78, 5) is 13.2. The van der Waals surface area contributed by atoms with Crippen LogP contribution in [-0.4, -0.2) is 17.0 Å². The minimum Gasteiger partial charge on any atom is -0.491 e. The van der Waals surface area contributed by atoms with Crippen LogP contribution in [0.15, 0.2) is 65.9 Å². The van der Waals surface area contributed by atoms with E-state index in [0.717, 1.165) is 17.0 Å². The van der Waals surface area contributed by atoms with Crippen LogP contribution in [0.25, 0.3) is 0 Å². The molecule has 5 heteroatoms. The molecule has 1 heterocycles. The number of allylic oxidation sites excluding steroid dienone is 1. The average Bonchev–Trinajstić information content (AvgIpc) is 2.61. The maximum absolute atomic E-state index is 13.2. The Morgan fingerprint density at radius 3 is 2.42 bits per heavy atom. The van der Waals surface area contributed by atoms with E-state index < -0.39 is 0 Å². The van der Waals surface area contributed by atoms with Gasteiger partial charge in [0.05, 0.1) is 12.1 Å². The second kappa shape index (κ2) is 7.70. The normalized spacial score (nSPS) is 16.9. The van der Waals surface area contributed by atoms with Crippen molar-refractivity contribution in [1.82, 2.24) is 10.6 Å². The first-order valence-electron chi connectivity index (χ1n) is 8.61. The van der Waals surface area contributed by atoms with E-state index in [-0.39, 0.29) is 17.9 Å². The summed E-state index contributed by atoms with van der Waals surface area (Å²) in [6.07, 6.45) is 0.0307. The van der Waals surface area contributed by atoms with Gasteiger partial charge in [-0.3, -0.25) is 4.79 Å². The molecule has 3 rings (SSSR count). The lowest BCUT2D eigenvalue weighted by atomic mass is 9.89. The van der Waals surface area contributed by atoms with Crippen molar-refractivity contribution in [2.75, 3.05) is 0 Å².